The lowest BCUT2D eigenvalue weighted by Gasteiger charge is -2.36. The van der Waals surface area contributed by atoms with Gasteiger partial charge in [-0.3, -0.25) is 24.4 Å². The molecule has 0 aromatic heterocycles. The average molecular weight is 570 g/mol. The van der Waals surface area contributed by atoms with Gasteiger partial charge in [-0.25, -0.2) is 4.79 Å². The molecule has 0 aromatic rings. The standard InChI is InChI=1S/C28H51N5O7/c1-27(2,3)39-25(37)24(8-7-21-34)33-17-15-31(19-22-35)13-11-30(12-14-32(16-18-33)20-23-36)10-9-29-26(38)40-28(4,5)6/h21-24H,7-20H2,1-6H3,(H,29,38). The molecule has 0 radical (unpaired) electrons. The first-order valence-corrected chi connectivity index (χ1v) is 14.2. The fourth-order valence-corrected chi connectivity index (χ4v) is 4.34. The predicted molar refractivity (Wildman–Crippen MR) is 152 cm³/mol. The number of carbonyl (C=O) groups is 5. The van der Waals surface area contributed by atoms with Crippen molar-refractivity contribution < 1.29 is 33.4 Å². The number of ether oxygens (including phenoxy) is 2. The molecule has 0 saturated carbocycles. The average Bonchev–Trinajstić information content (AvgIpc) is 2.82. The molecule has 1 N–H and O–H groups in total. The molecule has 1 heterocycles. The van der Waals surface area contributed by atoms with Gasteiger partial charge in [0.25, 0.3) is 0 Å². The summed E-state index contributed by atoms with van der Waals surface area (Å²) in [6, 6.07) is -0.612. The van der Waals surface area contributed by atoms with E-state index in [1.54, 1.807) is 0 Å². The molecule has 1 rings (SSSR count). The molecule has 0 aliphatic carbocycles. The third-order valence-electron chi connectivity index (χ3n) is 6.31. The van der Waals surface area contributed by atoms with Crippen LogP contribution in [0.15, 0.2) is 0 Å². The monoisotopic (exact) mass is 569 g/mol. The first kappa shape index (κ1) is 35.6. The van der Waals surface area contributed by atoms with Crippen LogP contribution in [0, 0.1) is 0 Å². The predicted octanol–water partition coefficient (Wildman–Crippen LogP) is 0.820. The van der Waals surface area contributed by atoms with Crippen molar-refractivity contribution in [3.8, 4) is 0 Å². The lowest BCUT2D eigenvalue weighted by molar-refractivity contribution is -0.162. The minimum Gasteiger partial charge on any atom is -0.459 e. The molecule has 1 aliphatic heterocycles. The third kappa shape index (κ3) is 16.0. The number of nitrogens with one attached hydrogen (secondary N) is 1. The van der Waals surface area contributed by atoms with Gasteiger partial charge in [0.2, 0.25) is 0 Å². The van der Waals surface area contributed by atoms with E-state index in [4.69, 9.17) is 9.47 Å². The van der Waals surface area contributed by atoms with Crippen molar-refractivity contribution in [1.29, 1.82) is 0 Å². The molecule has 12 heteroatoms. The van der Waals surface area contributed by atoms with Crippen molar-refractivity contribution in [2.45, 2.75) is 71.6 Å². The summed E-state index contributed by atoms with van der Waals surface area (Å²) in [7, 11) is 0. The van der Waals surface area contributed by atoms with Gasteiger partial charge in [0.05, 0.1) is 13.1 Å². The van der Waals surface area contributed by atoms with E-state index in [-0.39, 0.29) is 25.5 Å². The van der Waals surface area contributed by atoms with Gasteiger partial charge >= 0.3 is 12.1 Å². The number of alkyl carbamates (subject to hydrolysis) is 1. The Morgan fingerprint density at radius 3 is 1.65 bits per heavy atom. The minimum absolute atomic E-state index is 0.225. The van der Waals surface area contributed by atoms with Crippen molar-refractivity contribution in [3.05, 3.63) is 0 Å². The van der Waals surface area contributed by atoms with E-state index < -0.39 is 23.3 Å². The Hall–Kier alpha value is -2.41. The lowest BCUT2D eigenvalue weighted by atomic mass is 10.1. The normalized spacial score (nSPS) is 18.6. The maximum atomic E-state index is 13.2. The molecule has 1 atom stereocenters. The molecule has 1 amide bonds. The lowest BCUT2D eigenvalue weighted by Crippen LogP contribution is -2.52. The smallest absolute Gasteiger partial charge is 0.407 e. The molecule has 40 heavy (non-hydrogen) atoms. The highest BCUT2D eigenvalue weighted by Crippen LogP contribution is 2.16. The van der Waals surface area contributed by atoms with Crippen LogP contribution in [0.3, 0.4) is 0 Å². The van der Waals surface area contributed by atoms with Crippen molar-refractivity contribution in [1.82, 2.24) is 24.9 Å². The van der Waals surface area contributed by atoms with Crippen LogP contribution in [0.2, 0.25) is 0 Å². The maximum absolute atomic E-state index is 13.2. The van der Waals surface area contributed by atoms with Crippen LogP contribution in [-0.4, -0.2) is 146 Å². The molecular weight excluding hydrogens is 518 g/mol. The number of esters is 1. The Balaban J connectivity index is 3.03. The molecule has 230 valence electrons. The molecule has 1 fully saturated rings. The van der Waals surface area contributed by atoms with E-state index in [9.17, 15) is 24.0 Å². The number of aldehydes is 3. The largest absolute Gasteiger partial charge is 0.459 e. The zero-order valence-corrected chi connectivity index (χ0v) is 25.4. The van der Waals surface area contributed by atoms with Crippen LogP contribution in [0.4, 0.5) is 4.79 Å². The zero-order valence-electron chi connectivity index (χ0n) is 25.4. The van der Waals surface area contributed by atoms with E-state index in [2.05, 4.69) is 10.2 Å². The molecule has 0 bridgehead atoms. The SMILES string of the molecule is CC(C)(C)OC(=O)NCCN1CCN(CC=O)CCN(C(CCC=O)C(=O)OC(C)(C)C)CCN(CC=O)CC1. The summed E-state index contributed by atoms with van der Waals surface area (Å²) < 4.78 is 11.0. The molecule has 12 nitrogen and oxygen atoms in total. The van der Waals surface area contributed by atoms with Crippen LogP contribution in [0.1, 0.15) is 54.4 Å². The van der Waals surface area contributed by atoms with Crippen LogP contribution < -0.4 is 5.32 Å². The number of carbonyl (C=O) groups excluding carboxylic acids is 5. The summed E-state index contributed by atoms with van der Waals surface area (Å²) in [4.78, 5) is 67.6. The van der Waals surface area contributed by atoms with Crippen molar-refractivity contribution in [2.24, 2.45) is 0 Å². The van der Waals surface area contributed by atoms with Crippen LogP contribution in [-0.2, 0) is 28.7 Å². The Labute approximate surface area is 239 Å². The summed E-state index contributed by atoms with van der Waals surface area (Å²) in [6.45, 7) is 16.9. The Kier molecular flexibility index (Phi) is 16.1. The van der Waals surface area contributed by atoms with Gasteiger partial charge < -0.3 is 29.2 Å². The summed E-state index contributed by atoms with van der Waals surface area (Å²) >= 11 is 0. The van der Waals surface area contributed by atoms with Gasteiger partial charge in [0, 0.05) is 71.9 Å². The van der Waals surface area contributed by atoms with Crippen LogP contribution >= 0.6 is 0 Å². The fourth-order valence-electron chi connectivity index (χ4n) is 4.34. The maximum Gasteiger partial charge on any atom is 0.407 e. The first-order chi connectivity index (χ1) is 18.8. The minimum atomic E-state index is -0.669. The number of hydrogen-bond acceptors (Lipinski definition) is 11. The Morgan fingerprint density at radius 1 is 0.725 bits per heavy atom. The molecular formula is C28H51N5O7. The highest BCUT2D eigenvalue weighted by atomic mass is 16.6. The number of amides is 1. The van der Waals surface area contributed by atoms with Gasteiger partial charge in [-0.15, -0.1) is 0 Å². The summed E-state index contributed by atoms with van der Waals surface area (Å²) in [5.41, 5.74) is -1.25. The molecule has 0 aromatic carbocycles. The summed E-state index contributed by atoms with van der Waals surface area (Å²) in [6.07, 6.45) is 2.63. The van der Waals surface area contributed by atoms with Gasteiger partial charge in [0.1, 0.15) is 36.1 Å². The summed E-state index contributed by atoms with van der Waals surface area (Å²) in [5.74, 6) is -0.381. The van der Waals surface area contributed by atoms with E-state index in [1.807, 2.05) is 56.2 Å². The van der Waals surface area contributed by atoms with Crippen molar-refractivity contribution in [2.75, 3.05) is 78.5 Å². The van der Waals surface area contributed by atoms with Gasteiger partial charge in [-0.05, 0) is 48.0 Å². The number of nitrogens with zero attached hydrogens (tertiary/aromatic N) is 4. The summed E-state index contributed by atoms with van der Waals surface area (Å²) in [5, 5.41) is 2.79. The zero-order chi connectivity index (χ0) is 30.2. The molecule has 1 aliphatic rings. The van der Waals surface area contributed by atoms with E-state index >= 15 is 0 Å². The Morgan fingerprint density at radius 2 is 1.20 bits per heavy atom. The number of rotatable bonds is 12. The van der Waals surface area contributed by atoms with Crippen molar-refractivity contribution in [3.63, 3.8) is 0 Å². The van der Waals surface area contributed by atoms with Crippen molar-refractivity contribution >= 4 is 30.9 Å². The second kappa shape index (κ2) is 18.1. The molecule has 1 saturated heterocycles. The van der Waals surface area contributed by atoms with Gasteiger partial charge in [0.15, 0.2) is 0 Å². The highest BCUT2D eigenvalue weighted by molar-refractivity contribution is 5.76. The quantitative estimate of drug-likeness (QED) is 0.265. The number of hydrogen-bond donors (Lipinski definition) is 1. The second-order valence-electron chi connectivity index (χ2n) is 12.0. The van der Waals surface area contributed by atoms with Crippen LogP contribution in [0.25, 0.3) is 0 Å². The van der Waals surface area contributed by atoms with Gasteiger partial charge in [-0.2, -0.15) is 0 Å². The third-order valence-corrected chi connectivity index (χ3v) is 6.31. The molecule has 0 spiro atoms. The van der Waals surface area contributed by atoms with Gasteiger partial charge in [-0.1, -0.05) is 0 Å². The van der Waals surface area contributed by atoms with Crippen LogP contribution in [0.5, 0.6) is 0 Å². The second-order valence-corrected chi connectivity index (χ2v) is 12.0. The van der Waals surface area contributed by atoms with E-state index in [0.717, 1.165) is 18.9 Å². The molecule has 1 unspecified atom stereocenters. The van der Waals surface area contributed by atoms with E-state index in [0.29, 0.717) is 71.9 Å². The topological polar surface area (TPSA) is 129 Å². The highest BCUT2D eigenvalue weighted by Gasteiger charge is 2.31. The fraction of sp³-hybridized carbons (Fsp3) is 0.821. The first-order valence-electron chi connectivity index (χ1n) is 14.2. The Bertz CT molecular complexity index is 771. The van der Waals surface area contributed by atoms with E-state index in [1.165, 1.54) is 0 Å².